The van der Waals surface area contributed by atoms with Crippen LogP contribution < -0.4 is 10.6 Å². The quantitative estimate of drug-likeness (QED) is 0.695. The number of rotatable bonds is 5. The van der Waals surface area contributed by atoms with E-state index in [4.69, 9.17) is 23.2 Å². The Morgan fingerprint density at radius 2 is 1.97 bits per heavy atom. The zero-order valence-electron chi connectivity index (χ0n) is 17.3. The third kappa shape index (κ3) is 5.50. The van der Waals surface area contributed by atoms with Crippen molar-refractivity contribution in [3.63, 3.8) is 0 Å². The first-order valence-electron chi connectivity index (χ1n) is 9.98. The number of benzene rings is 1. The van der Waals surface area contributed by atoms with Gasteiger partial charge in [0.1, 0.15) is 5.82 Å². The van der Waals surface area contributed by atoms with Crippen molar-refractivity contribution in [1.82, 2.24) is 9.88 Å². The molecule has 2 N–H and O–H groups in total. The molecule has 1 aromatic heterocycles. The molecule has 0 bridgehead atoms. The molecule has 0 spiro atoms. The number of halogens is 2. The fourth-order valence-electron chi connectivity index (χ4n) is 3.72. The lowest BCUT2D eigenvalue weighted by molar-refractivity contribution is -0.125. The molecule has 1 fully saturated rings. The van der Waals surface area contributed by atoms with E-state index in [2.05, 4.69) is 15.6 Å². The average molecular weight is 449 g/mol. The number of amides is 2. The fourth-order valence-corrected chi connectivity index (χ4v) is 4.20. The molecule has 0 radical (unpaired) electrons. The lowest BCUT2D eigenvalue weighted by Crippen LogP contribution is -2.49. The Labute approximate surface area is 187 Å². The maximum atomic E-state index is 12.9. The van der Waals surface area contributed by atoms with Gasteiger partial charge in [0.2, 0.25) is 11.8 Å². The minimum atomic E-state index is -0.383. The summed E-state index contributed by atoms with van der Waals surface area (Å²) in [5, 5.41) is 6.83. The second kappa shape index (κ2) is 9.77. The molecule has 2 atom stereocenters. The fraction of sp³-hybridized carbons (Fsp3) is 0.409. The van der Waals surface area contributed by atoms with Gasteiger partial charge >= 0.3 is 0 Å². The number of likely N-dealkylation sites (tertiary alicyclic amines) is 1. The van der Waals surface area contributed by atoms with Crippen LogP contribution in [0.5, 0.6) is 0 Å². The van der Waals surface area contributed by atoms with Crippen molar-refractivity contribution >= 4 is 46.5 Å². The highest BCUT2D eigenvalue weighted by Gasteiger charge is 2.31. The number of aromatic nitrogens is 1. The van der Waals surface area contributed by atoms with E-state index in [0.717, 1.165) is 30.5 Å². The molecule has 2 heterocycles. The van der Waals surface area contributed by atoms with Crippen LogP contribution in [0.2, 0.25) is 10.0 Å². The van der Waals surface area contributed by atoms with Gasteiger partial charge < -0.3 is 10.6 Å². The van der Waals surface area contributed by atoms with Gasteiger partial charge in [-0.05, 0) is 69.5 Å². The summed E-state index contributed by atoms with van der Waals surface area (Å²) in [6.07, 6.45) is 3.11. The molecule has 2 aromatic rings. The zero-order chi connectivity index (χ0) is 21.8. The summed E-state index contributed by atoms with van der Waals surface area (Å²) in [5.41, 5.74) is 2.61. The smallest absolute Gasteiger partial charge is 0.241 e. The number of carbonyl (C=O) groups excluding carboxylic acids is 2. The van der Waals surface area contributed by atoms with E-state index in [0.29, 0.717) is 28.1 Å². The topological polar surface area (TPSA) is 74.3 Å². The van der Waals surface area contributed by atoms with Crippen LogP contribution in [0.4, 0.5) is 11.5 Å². The summed E-state index contributed by atoms with van der Waals surface area (Å²) < 4.78 is 0. The molecule has 6 nitrogen and oxygen atoms in total. The largest absolute Gasteiger partial charge is 0.323 e. The number of nitrogens with one attached hydrogen (secondary N) is 2. The van der Waals surface area contributed by atoms with Crippen molar-refractivity contribution in [3.8, 4) is 0 Å². The molecule has 30 heavy (non-hydrogen) atoms. The minimum absolute atomic E-state index is 0.0976. The predicted molar refractivity (Wildman–Crippen MR) is 121 cm³/mol. The lowest BCUT2D eigenvalue weighted by Gasteiger charge is -2.35. The van der Waals surface area contributed by atoms with Crippen LogP contribution in [0.25, 0.3) is 0 Å². The SMILES string of the molecule is Cc1cc(C)c(NC(=O)C(C)N2CCCC(C(=O)Nc3ccc(Cl)cn3)C2)c(Cl)c1. The summed E-state index contributed by atoms with van der Waals surface area (Å²) in [4.78, 5) is 31.7. The number of hydrogen-bond donors (Lipinski definition) is 2. The van der Waals surface area contributed by atoms with Crippen LogP contribution >= 0.6 is 23.2 Å². The third-order valence-corrected chi connectivity index (χ3v) is 5.93. The summed E-state index contributed by atoms with van der Waals surface area (Å²) in [6.45, 7) is 7.01. The van der Waals surface area contributed by atoms with Crippen molar-refractivity contribution in [1.29, 1.82) is 0 Å². The highest BCUT2D eigenvalue weighted by molar-refractivity contribution is 6.34. The lowest BCUT2D eigenvalue weighted by atomic mass is 9.95. The van der Waals surface area contributed by atoms with Crippen LogP contribution in [0.3, 0.4) is 0 Å². The molecule has 2 unspecified atom stereocenters. The van der Waals surface area contributed by atoms with Gasteiger partial charge in [-0.3, -0.25) is 14.5 Å². The molecule has 1 aromatic carbocycles. The second-order valence-electron chi connectivity index (χ2n) is 7.79. The Morgan fingerprint density at radius 1 is 1.20 bits per heavy atom. The van der Waals surface area contributed by atoms with E-state index < -0.39 is 0 Å². The van der Waals surface area contributed by atoms with E-state index in [1.165, 1.54) is 6.20 Å². The van der Waals surface area contributed by atoms with Crippen LogP contribution in [-0.4, -0.2) is 40.8 Å². The summed E-state index contributed by atoms with van der Waals surface area (Å²) in [7, 11) is 0. The van der Waals surface area contributed by atoms with E-state index >= 15 is 0 Å². The van der Waals surface area contributed by atoms with Crippen LogP contribution in [0.15, 0.2) is 30.5 Å². The Morgan fingerprint density at radius 3 is 2.63 bits per heavy atom. The Balaban J connectivity index is 1.62. The van der Waals surface area contributed by atoms with Gasteiger partial charge in [-0.15, -0.1) is 0 Å². The average Bonchev–Trinajstić information content (AvgIpc) is 2.71. The second-order valence-corrected chi connectivity index (χ2v) is 8.63. The standard InChI is InChI=1S/C22H26Cl2N4O2/c1-13-9-14(2)20(18(24)10-13)27-21(29)15(3)28-8-4-5-16(12-28)22(30)26-19-7-6-17(23)11-25-19/h6-7,9-11,15-16H,4-5,8,12H2,1-3H3,(H,27,29)(H,25,26,30). The molecule has 1 saturated heterocycles. The first-order valence-corrected chi connectivity index (χ1v) is 10.7. The third-order valence-electron chi connectivity index (χ3n) is 5.41. The number of aryl methyl sites for hydroxylation is 2. The van der Waals surface area contributed by atoms with E-state index in [-0.39, 0.29) is 23.8 Å². The predicted octanol–water partition coefficient (Wildman–Crippen LogP) is 4.68. The van der Waals surface area contributed by atoms with Crippen LogP contribution in [-0.2, 0) is 9.59 Å². The molecular weight excluding hydrogens is 423 g/mol. The van der Waals surface area contributed by atoms with Crippen molar-refractivity contribution in [2.24, 2.45) is 5.92 Å². The minimum Gasteiger partial charge on any atom is -0.323 e. The van der Waals surface area contributed by atoms with Gasteiger partial charge in [0, 0.05) is 12.7 Å². The number of carbonyl (C=O) groups is 2. The number of hydrogen-bond acceptors (Lipinski definition) is 4. The van der Waals surface area contributed by atoms with E-state index in [1.807, 2.05) is 37.8 Å². The normalized spacial score (nSPS) is 18.0. The molecule has 160 valence electrons. The van der Waals surface area contributed by atoms with Crippen molar-refractivity contribution in [2.45, 2.75) is 39.7 Å². The van der Waals surface area contributed by atoms with E-state index in [9.17, 15) is 9.59 Å². The van der Waals surface area contributed by atoms with Gasteiger partial charge in [0.15, 0.2) is 0 Å². The van der Waals surface area contributed by atoms with Gasteiger partial charge in [-0.1, -0.05) is 29.3 Å². The first-order chi connectivity index (χ1) is 14.2. The number of nitrogens with zero attached hydrogens (tertiary/aromatic N) is 2. The maximum absolute atomic E-state index is 12.9. The molecule has 3 rings (SSSR count). The highest BCUT2D eigenvalue weighted by Crippen LogP contribution is 2.28. The zero-order valence-corrected chi connectivity index (χ0v) is 18.8. The molecule has 1 aliphatic heterocycles. The van der Waals surface area contributed by atoms with Crippen molar-refractivity contribution in [2.75, 3.05) is 23.7 Å². The maximum Gasteiger partial charge on any atom is 0.241 e. The van der Waals surface area contributed by atoms with Gasteiger partial charge in [0.05, 0.1) is 27.7 Å². The molecule has 1 aliphatic rings. The molecular formula is C22H26Cl2N4O2. The van der Waals surface area contributed by atoms with Crippen molar-refractivity contribution < 1.29 is 9.59 Å². The van der Waals surface area contributed by atoms with Crippen molar-refractivity contribution in [3.05, 3.63) is 51.6 Å². The Hall–Kier alpha value is -2.15. The number of anilines is 2. The molecule has 0 saturated carbocycles. The van der Waals surface area contributed by atoms with Crippen LogP contribution in [0.1, 0.15) is 30.9 Å². The summed E-state index contributed by atoms with van der Waals surface area (Å²) in [6, 6.07) is 6.79. The van der Waals surface area contributed by atoms with Gasteiger partial charge in [0.25, 0.3) is 0 Å². The molecule has 8 heteroatoms. The highest BCUT2D eigenvalue weighted by atomic mass is 35.5. The van der Waals surface area contributed by atoms with E-state index in [1.54, 1.807) is 12.1 Å². The first kappa shape index (κ1) is 22.5. The summed E-state index contributed by atoms with van der Waals surface area (Å²) >= 11 is 12.2. The Bertz CT molecular complexity index is 910. The summed E-state index contributed by atoms with van der Waals surface area (Å²) in [5.74, 6) is 0.0248. The monoisotopic (exact) mass is 448 g/mol. The van der Waals surface area contributed by atoms with Gasteiger partial charge in [-0.25, -0.2) is 4.98 Å². The van der Waals surface area contributed by atoms with Crippen LogP contribution in [0, 0.1) is 19.8 Å². The molecule has 0 aliphatic carbocycles. The number of pyridine rings is 1. The molecule has 2 amide bonds. The Kier molecular flexibility index (Phi) is 7.34. The number of piperidine rings is 1. The van der Waals surface area contributed by atoms with Gasteiger partial charge in [-0.2, -0.15) is 0 Å².